The third kappa shape index (κ3) is 4.21. The smallest absolute Gasteiger partial charge is 0.191 e. The number of benzene rings is 1. The third-order valence-corrected chi connectivity index (χ3v) is 4.26. The average Bonchev–Trinajstić information content (AvgIpc) is 2.49. The fraction of sp³-hybridized carbons (Fsp3) is 0.588. The van der Waals surface area contributed by atoms with Gasteiger partial charge >= 0.3 is 0 Å². The first-order chi connectivity index (χ1) is 10.3. The van der Waals surface area contributed by atoms with Crippen molar-refractivity contribution in [2.24, 2.45) is 4.99 Å². The van der Waals surface area contributed by atoms with E-state index in [1.54, 1.807) is 0 Å². The van der Waals surface area contributed by atoms with Crippen LogP contribution in [0.4, 0.5) is 0 Å². The maximum Gasteiger partial charge on any atom is 0.191 e. The molecule has 2 rings (SSSR count). The summed E-state index contributed by atoms with van der Waals surface area (Å²) in [7, 11) is 1.81. The lowest BCUT2D eigenvalue weighted by atomic mass is 9.64. The molecule has 0 radical (unpaired) electrons. The van der Waals surface area contributed by atoms with E-state index in [1.165, 1.54) is 24.8 Å². The normalized spacial score (nSPS) is 17.1. The van der Waals surface area contributed by atoms with Crippen molar-refractivity contribution >= 4 is 5.96 Å². The van der Waals surface area contributed by atoms with Gasteiger partial charge in [0.15, 0.2) is 5.96 Å². The average molecular weight is 289 g/mol. The highest BCUT2D eigenvalue weighted by molar-refractivity contribution is 5.79. The highest BCUT2D eigenvalue weighted by Crippen LogP contribution is 2.43. The van der Waals surface area contributed by atoms with E-state index in [9.17, 15) is 0 Å². The maximum absolute atomic E-state index is 5.33. The van der Waals surface area contributed by atoms with Crippen molar-refractivity contribution in [1.29, 1.82) is 0 Å². The van der Waals surface area contributed by atoms with Crippen LogP contribution in [-0.4, -0.2) is 39.3 Å². The Hall–Kier alpha value is -1.55. The van der Waals surface area contributed by atoms with Crippen LogP contribution < -0.4 is 10.6 Å². The Labute approximate surface area is 128 Å². The van der Waals surface area contributed by atoms with E-state index >= 15 is 0 Å². The second kappa shape index (κ2) is 8.03. The zero-order chi connectivity index (χ0) is 15.0. The first-order valence-corrected chi connectivity index (χ1v) is 7.88. The van der Waals surface area contributed by atoms with Gasteiger partial charge < -0.3 is 15.4 Å². The van der Waals surface area contributed by atoms with Crippen LogP contribution in [0.15, 0.2) is 35.3 Å². The first kappa shape index (κ1) is 15.8. The standard InChI is InChI=1S/C17H27N3O/c1-3-21-13-12-19-16(18-2)20-14-17(10-7-11-17)15-8-5-4-6-9-15/h4-6,8-9H,3,7,10-14H2,1-2H3,(H2,18,19,20). The summed E-state index contributed by atoms with van der Waals surface area (Å²) >= 11 is 0. The molecule has 1 fully saturated rings. The summed E-state index contributed by atoms with van der Waals surface area (Å²) in [5.74, 6) is 0.858. The minimum absolute atomic E-state index is 0.277. The molecule has 0 saturated heterocycles. The van der Waals surface area contributed by atoms with Crippen molar-refractivity contribution in [2.75, 3.05) is 33.4 Å². The van der Waals surface area contributed by atoms with Crippen molar-refractivity contribution in [2.45, 2.75) is 31.6 Å². The van der Waals surface area contributed by atoms with Gasteiger partial charge in [0.1, 0.15) is 0 Å². The summed E-state index contributed by atoms with van der Waals surface area (Å²) < 4.78 is 5.33. The summed E-state index contributed by atoms with van der Waals surface area (Å²) in [4.78, 5) is 4.28. The lowest BCUT2D eigenvalue weighted by molar-refractivity contribution is 0.152. The quantitative estimate of drug-likeness (QED) is 0.460. The lowest BCUT2D eigenvalue weighted by Crippen LogP contribution is -2.49. The van der Waals surface area contributed by atoms with Gasteiger partial charge in [0.25, 0.3) is 0 Å². The molecular formula is C17H27N3O. The van der Waals surface area contributed by atoms with Gasteiger partial charge in [-0.3, -0.25) is 4.99 Å². The Morgan fingerprint density at radius 3 is 2.57 bits per heavy atom. The molecule has 1 aromatic rings. The molecule has 4 nitrogen and oxygen atoms in total. The highest BCUT2D eigenvalue weighted by Gasteiger charge is 2.38. The molecule has 4 heteroatoms. The zero-order valence-corrected chi connectivity index (χ0v) is 13.2. The summed E-state index contributed by atoms with van der Waals surface area (Å²) in [6.07, 6.45) is 3.81. The van der Waals surface area contributed by atoms with E-state index in [-0.39, 0.29) is 5.41 Å². The molecule has 2 N–H and O–H groups in total. The number of hydrogen-bond acceptors (Lipinski definition) is 2. The summed E-state index contributed by atoms with van der Waals surface area (Å²) in [5.41, 5.74) is 1.72. The van der Waals surface area contributed by atoms with Gasteiger partial charge in [-0.25, -0.2) is 0 Å². The van der Waals surface area contributed by atoms with Gasteiger partial charge in [-0.2, -0.15) is 0 Å². The largest absolute Gasteiger partial charge is 0.380 e. The number of aliphatic imine (C=N–C) groups is 1. The minimum atomic E-state index is 0.277. The molecule has 1 aliphatic carbocycles. The van der Waals surface area contributed by atoms with Crippen LogP contribution in [0.25, 0.3) is 0 Å². The summed E-state index contributed by atoms with van der Waals surface area (Å²) in [5, 5.41) is 6.76. The Morgan fingerprint density at radius 2 is 2.00 bits per heavy atom. The number of hydrogen-bond donors (Lipinski definition) is 2. The number of rotatable bonds is 7. The van der Waals surface area contributed by atoms with Crippen molar-refractivity contribution in [3.05, 3.63) is 35.9 Å². The van der Waals surface area contributed by atoms with E-state index in [1.807, 2.05) is 14.0 Å². The van der Waals surface area contributed by atoms with Crippen molar-refractivity contribution in [1.82, 2.24) is 10.6 Å². The number of ether oxygens (including phenoxy) is 1. The molecule has 0 bridgehead atoms. The van der Waals surface area contributed by atoms with Crippen LogP contribution in [0.2, 0.25) is 0 Å². The number of guanidine groups is 1. The van der Waals surface area contributed by atoms with Crippen molar-refractivity contribution < 1.29 is 4.74 Å². The van der Waals surface area contributed by atoms with E-state index in [2.05, 4.69) is 46.0 Å². The van der Waals surface area contributed by atoms with Crippen LogP contribution >= 0.6 is 0 Å². The zero-order valence-electron chi connectivity index (χ0n) is 13.2. The predicted octanol–water partition coefficient (Wildman–Crippen LogP) is 2.31. The monoisotopic (exact) mass is 289 g/mol. The van der Waals surface area contributed by atoms with Crippen LogP contribution in [0, 0.1) is 0 Å². The van der Waals surface area contributed by atoms with Crippen LogP contribution in [0.5, 0.6) is 0 Å². The topological polar surface area (TPSA) is 45.6 Å². The second-order valence-electron chi connectivity index (χ2n) is 5.55. The second-order valence-corrected chi connectivity index (χ2v) is 5.55. The summed E-state index contributed by atoms with van der Waals surface area (Å²) in [6.45, 7) is 5.19. The van der Waals surface area contributed by atoms with E-state index in [0.29, 0.717) is 6.61 Å². The minimum Gasteiger partial charge on any atom is -0.380 e. The highest BCUT2D eigenvalue weighted by atomic mass is 16.5. The molecule has 0 spiro atoms. The van der Waals surface area contributed by atoms with E-state index in [4.69, 9.17) is 4.74 Å². The van der Waals surface area contributed by atoms with Crippen LogP contribution in [0.3, 0.4) is 0 Å². The Kier molecular flexibility index (Phi) is 6.05. The molecular weight excluding hydrogens is 262 g/mol. The van der Waals surface area contributed by atoms with E-state index in [0.717, 1.165) is 25.7 Å². The van der Waals surface area contributed by atoms with Gasteiger partial charge in [0.05, 0.1) is 6.61 Å². The Morgan fingerprint density at radius 1 is 1.24 bits per heavy atom. The van der Waals surface area contributed by atoms with Crippen LogP contribution in [-0.2, 0) is 10.2 Å². The molecule has 1 saturated carbocycles. The fourth-order valence-corrected chi connectivity index (χ4v) is 2.82. The fourth-order valence-electron chi connectivity index (χ4n) is 2.82. The molecule has 0 aliphatic heterocycles. The van der Waals surface area contributed by atoms with Gasteiger partial charge in [-0.15, -0.1) is 0 Å². The van der Waals surface area contributed by atoms with Gasteiger partial charge in [-0.05, 0) is 25.3 Å². The molecule has 21 heavy (non-hydrogen) atoms. The van der Waals surface area contributed by atoms with E-state index < -0.39 is 0 Å². The molecule has 116 valence electrons. The van der Waals surface area contributed by atoms with Gasteiger partial charge in [0, 0.05) is 32.2 Å². The third-order valence-electron chi connectivity index (χ3n) is 4.26. The SMILES string of the molecule is CCOCCNC(=NC)NCC1(c2ccccc2)CCC1. The Balaban J connectivity index is 1.85. The molecule has 0 aromatic heterocycles. The Bertz CT molecular complexity index is 441. The predicted molar refractivity (Wildman–Crippen MR) is 87.8 cm³/mol. The molecule has 0 unspecified atom stereocenters. The van der Waals surface area contributed by atoms with Gasteiger partial charge in [0.2, 0.25) is 0 Å². The molecule has 0 heterocycles. The maximum atomic E-state index is 5.33. The summed E-state index contributed by atoms with van der Waals surface area (Å²) in [6, 6.07) is 10.8. The van der Waals surface area contributed by atoms with Crippen LogP contribution in [0.1, 0.15) is 31.7 Å². The van der Waals surface area contributed by atoms with Crippen molar-refractivity contribution in [3.63, 3.8) is 0 Å². The molecule has 1 aliphatic rings. The number of nitrogens with one attached hydrogen (secondary N) is 2. The lowest BCUT2D eigenvalue weighted by Gasteiger charge is -2.43. The number of nitrogens with zero attached hydrogens (tertiary/aromatic N) is 1. The molecule has 0 amide bonds. The van der Waals surface area contributed by atoms with Gasteiger partial charge in [-0.1, -0.05) is 36.8 Å². The molecule has 1 aromatic carbocycles. The molecule has 0 atom stereocenters. The van der Waals surface area contributed by atoms with Crippen molar-refractivity contribution in [3.8, 4) is 0 Å². The first-order valence-electron chi connectivity index (χ1n) is 7.88.